The molecular formula is C31H37FN6. The van der Waals surface area contributed by atoms with E-state index >= 15 is 4.39 Å². The standard InChI is InChI=1S/C31H37FN6/c1-9-11-29(38-18-20(3)36-19-38)21(4)23(6)37-24(7)22(5)30-28(33-8)13-12-27(31(30)32)26-14-25(15-34-10-2)16-35-17-26/h9,11-14,16-19,33-34,37H,1,5,7,10,15H2,2-4,6,8H3/b23-21+,29-11+. The number of rotatable bonds is 12. The number of anilines is 1. The summed E-state index contributed by atoms with van der Waals surface area (Å²) in [6, 6.07) is 5.56. The van der Waals surface area contributed by atoms with Crippen LogP contribution in [-0.2, 0) is 6.54 Å². The van der Waals surface area contributed by atoms with E-state index in [1.807, 2.05) is 56.7 Å². The fourth-order valence-electron chi connectivity index (χ4n) is 4.11. The first-order valence-electron chi connectivity index (χ1n) is 12.5. The van der Waals surface area contributed by atoms with Gasteiger partial charge in [0.1, 0.15) is 5.82 Å². The van der Waals surface area contributed by atoms with Gasteiger partial charge < -0.3 is 20.5 Å². The summed E-state index contributed by atoms with van der Waals surface area (Å²) in [5.74, 6) is -0.383. The number of imidazole rings is 1. The Bertz CT molecular complexity index is 1410. The summed E-state index contributed by atoms with van der Waals surface area (Å²) in [7, 11) is 1.76. The Kier molecular flexibility index (Phi) is 9.57. The smallest absolute Gasteiger partial charge is 0.141 e. The monoisotopic (exact) mass is 512 g/mol. The second-order valence-corrected chi connectivity index (χ2v) is 9.00. The van der Waals surface area contributed by atoms with E-state index in [9.17, 15) is 0 Å². The molecule has 0 atom stereocenters. The average molecular weight is 513 g/mol. The van der Waals surface area contributed by atoms with Crippen LogP contribution in [0.15, 0.2) is 92.0 Å². The first-order valence-corrected chi connectivity index (χ1v) is 12.5. The predicted octanol–water partition coefficient (Wildman–Crippen LogP) is 6.68. The normalized spacial score (nSPS) is 12.1. The highest BCUT2D eigenvalue weighted by atomic mass is 19.1. The summed E-state index contributed by atoms with van der Waals surface area (Å²) in [4.78, 5) is 8.65. The van der Waals surface area contributed by atoms with Crippen LogP contribution >= 0.6 is 0 Å². The topological polar surface area (TPSA) is 66.8 Å². The molecule has 0 saturated carbocycles. The van der Waals surface area contributed by atoms with Crippen molar-refractivity contribution in [1.29, 1.82) is 0 Å². The van der Waals surface area contributed by atoms with Crippen LogP contribution in [-0.4, -0.2) is 28.1 Å². The highest BCUT2D eigenvalue weighted by molar-refractivity contribution is 5.87. The lowest BCUT2D eigenvalue weighted by atomic mass is 9.95. The van der Waals surface area contributed by atoms with E-state index in [4.69, 9.17) is 0 Å². The maximum Gasteiger partial charge on any atom is 0.141 e. The lowest BCUT2D eigenvalue weighted by Gasteiger charge is -2.20. The number of hydrogen-bond donors (Lipinski definition) is 3. The van der Waals surface area contributed by atoms with Gasteiger partial charge in [-0.25, -0.2) is 9.37 Å². The van der Waals surface area contributed by atoms with Gasteiger partial charge in [0.15, 0.2) is 0 Å². The van der Waals surface area contributed by atoms with Crippen molar-refractivity contribution in [2.75, 3.05) is 18.9 Å². The molecule has 1 aromatic carbocycles. The fourth-order valence-corrected chi connectivity index (χ4v) is 4.11. The molecule has 0 amide bonds. The van der Waals surface area contributed by atoms with Crippen molar-refractivity contribution in [2.45, 2.75) is 34.2 Å². The minimum absolute atomic E-state index is 0.358. The molecule has 2 aromatic heterocycles. The zero-order chi connectivity index (χ0) is 27.8. The Morgan fingerprint density at radius 3 is 2.58 bits per heavy atom. The molecule has 198 valence electrons. The van der Waals surface area contributed by atoms with E-state index in [0.29, 0.717) is 40.2 Å². The second-order valence-electron chi connectivity index (χ2n) is 9.00. The number of nitrogens with one attached hydrogen (secondary N) is 3. The Morgan fingerprint density at radius 1 is 1.18 bits per heavy atom. The molecule has 0 fully saturated rings. The van der Waals surface area contributed by atoms with Crippen molar-refractivity contribution in [3.05, 3.63) is 115 Å². The number of halogens is 1. The maximum absolute atomic E-state index is 16.1. The highest BCUT2D eigenvalue weighted by Gasteiger charge is 2.19. The molecule has 0 spiro atoms. The van der Waals surface area contributed by atoms with Crippen LogP contribution in [0, 0.1) is 12.7 Å². The number of aromatic nitrogens is 3. The second kappa shape index (κ2) is 12.8. The molecule has 0 unspecified atom stereocenters. The number of pyridine rings is 1. The largest absolute Gasteiger partial charge is 0.388 e. The third-order valence-electron chi connectivity index (χ3n) is 6.31. The van der Waals surface area contributed by atoms with Gasteiger partial charge in [-0.15, -0.1) is 0 Å². The third kappa shape index (κ3) is 6.36. The quantitative estimate of drug-likeness (QED) is 0.236. The van der Waals surface area contributed by atoms with Crippen LogP contribution in [0.5, 0.6) is 0 Å². The van der Waals surface area contributed by atoms with Gasteiger partial charge in [0.25, 0.3) is 0 Å². The average Bonchev–Trinajstić information content (AvgIpc) is 3.35. The minimum atomic E-state index is -0.383. The summed E-state index contributed by atoms with van der Waals surface area (Å²) in [6.45, 7) is 21.7. The van der Waals surface area contributed by atoms with Crippen LogP contribution in [0.4, 0.5) is 10.1 Å². The molecule has 3 aromatic rings. The van der Waals surface area contributed by atoms with E-state index < -0.39 is 0 Å². The van der Waals surface area contributed by atoms with Crippen molar-refractivity contribution in [1.82, 2.24) is 25.2 Å². The molecule has 3 N–H and O–H groups in total. The van der Waals surface area contributed by atoms with Gasteiger partial charge in [-0.2, -0.15) is 0 Å². The Labute approximate surface area is 225 Å². The van der Waals surface area contributed by atoms with Gasteiger partial charge in [0, 0.05) is 71.5 Å². The molecular weight excluding hydrogens is 475 g/mol. The van der Waals surface area contributed by atoms with Crippen molar-refractivity contribution in [3.8, 4) is 11.1 Å². The molecule has 0 bridgehead atoms. The van der Waals surface area contributed by atoms with Crippen molar-refractivity contribution in [2.24, 2.45) is 0 Å². The van der Waals surface area contributed by atoms with Crippen LogP contribution in [0.25, 0.3) is 22.4 Å². The Morgan fingerprint density at radius 2 is 1.95 bits per heavy atom. The number of aryl methyl sites for hydroxylation is 1. The highest BCUT2D eigenvalue weighted by Crippen LogP contribution is 2.35. The van der Waals surface area contributed by atoms with Crippen molar-refractivity contribution in [3.63, 3.8) is 0 Å². The molecule has 6 nitrogen and oxygen atoms in total. The fraction of sp³-hybridized carbons (Fsp3) is 0.226. The van der Waals surface area contributed by atoms with Crippen LogP contribution in [0.2, 0.25) is 0 Å². The Balaban J connectivity index is 1.95. The molecule has 2 heterocycles. The van der Waals surface area contributed by atoms with E-state index in [1.54, 1.807) is 37.9 Å². The number of benzene rings is 1. The van der Waals surface area contributed by atoms with E-state index in [-0.39, 0.29) is 5.82 Å². The van der Waals surface area contributed by atoms with E-state index in [2.05, 4.69) is 45.7 Å². The van der Waals surface area contributed by atoms with Crippen molar-refractivity contribution >= 4 is 17.0 Å². The SMILES string of the molecule is C=C/C=C(\C(C)=C(/C)NC(=C)C(=C)c1c(NC)ccc(-c2cncc(CNCC)c2)c1F)n1cnc(C)c1. The van der Waals surface area contributed by atoms with Gasteiger partial charge in [0.2, 0.25) is 0 Å². The molecule has 38 heavy (non-hydrogen) atoms. The molecule has 0 saturated heterocycles. The number of allylic oxidation sites excluding steroid dienone is 6. The van der Waals surface area contributed by atoms with Gasteiger partial charge >= 0.3 is 0 Å². The zero-order valence-corrected chi connectivity index (χ0v) is 23.0. The first kappa shape index (κ1) is 28.3. The summed E-state index contributed by atoms with van der Waals surface area (Å²) >= 11 is 0. The van der Waals surface area contributed by atoms with Crippen LogP contribution in [0.1, 0.15) is 37.6 Å². The van der Waals surface area contributed by atoms with Gasteiger partial charge in [-0.05, 0) is 62.7 Å². The lowest BCUT2D eigenvalue weighted by Crippen LogP contribution is -2.15. The zero-order valence-electron chi connectivity index (χ0n) is 23.0. The van der Waals surface area contributed by atoms with Crippen molar-refractivity contribution < 1.29 is 4.39 Å². The maximum atomic E-state index is 16.1. The molecule has 7 heteroatoms. The summed E-state index contributed by atoms with van der Waals surface area (Å²) in [5, 5.41) is 9.69. The van der Waals surface area contributed by atoms with E-state index in [1.165, 1.54) is 0 Å². The van der Waals surface area contributed by atoms with E-state index in [0.717, 1.165) is 34.8 Å². The van der Waals surface area contributed by atoms with Crippen LogP contribution in [0.3, 0.4) is 0 Å². The van der Waals surface area contributed by atoms with Gasteiger partial charge in [0.05, 0.1) is 17.7 Å². The van der Waals surface area contributed by atoms with Gasteiger partial charge in [-0.3, -0.25) is 4.98 Å². The number of hydrogen-bond acceptors (Lipinski definition) is 5. The molecule has 0 radical (unpaired) electrons. The molecule has 0 aliphatic carbocycles. The summed E-state index contributed by atoms with van der Waals surface area (Å²) in [6.07, 6.45) is 10.8. The first-order chi connectivity index (χ1) is 18.2. The molecule has 0 aliphatic rings. The summed E-state index contributed by atoms with van der Waals surface area (Å²) < 4.78 is 18.0. The van der Waals surface area contributed by atoms with Crippen LogP contribution < -0.4 is 16.0 Å². The lowest BCUT2D eigenvalue weighted by molar-refractivity contribution is 0.628. The number of nitrogens with zero attached hydrogens (tertiary/aromatic N) is 3. The predicted molar refractivity (Wildman–Crippen MR) is 158 cm³/mol. The van der Waals surface area contributed by atoms with Gasteiger partial charge in [-0.1, -0.05) is 32.7 Å². The molecule has 3 rings (SSSR count). The third-order valence-corrected chi connectivity index (χ3v) is 6.31. The summed E-state index contributed by atoms with van der Waals surface area (Å²) in [5.41, 5.74) is 7.70. The Hall–Kier alpha value is -4.23. The molecule has 0 aliphatic heterocycles. The minimum Gasteiger partial charge on any atom is -0.388 e.